The lowest BCUT2D eigenvalue weighted by atomic mass is 9.76. The van der Waals surface area contributed by atoms with Gasteiger partial charge in [-0.05, 0) is 48.6 Å². The number of aryl methyl sites for hydroxylation is 1. The van der Waals surface area contributed by atoms with Crippen LogP contribution in [0, 0.1) is 0 Å². The molecule has 1 heterocycles. The molecule has 1 aliphatic heterocycles. The van der Waals surface area contributed by atoms with Gasteiger partial charge in [-0.2, -0.15) is 0 Å². The topological polar surface area (TPSA) is 58.6 Å². The minimum Gasteiger partial charge on any atom is -0.492 e. The Morgan fingerprint density at radius 3 is 2.85 bits per heavy atom. The molecule has 0 saturated carbocycles. The Morgan fingerprint density at radius 2 is 2.00 bits per heavy atom. The van der Waals surface area contributed by atoms with E-state index >= 15 is 0 Å². The first-order valence-corrected chi connectivity index (χ1v) is 9.50. The van der Waals surface area contributed by atoms with Gasteiger partial charge in [0.25, 0.3) is 5.91 Å². The van der Waals surface area contributed by atoms with Crippen molar-refractivity contribution >= 4 is 27.9 Å². The quantitative estimate of drug-likeness (QED) is 0.777. The summed E-state index contributed by atoms with van der Waals surface area (Å²) in [5, 5.41) is 2.96. The summed E-state index contributed by atoms with van der Waals surface area (Å²) >= 11 is 3.39. The highest BCUT2D eigenvalue weighted by molar-refractivity contribution is 9.10. The Labute approximate surface area is 160 Å². The highest BCUT2D eigenvalue weighted by Gasteiger charge is 2.53. The fraction of sp³-hybridized carbons (Fsp3) is 0.300. The number of amides is 3. The van der Waals surface area contributed by atoms with E-state index in [1.54, 1.807) is 0 Å². The van der Waals surface area contributed by atoms with Crippen LogP contribution < -0.4 is 10.1 Å². The van der Waals surface area contributed by atoms with Gasteiger partial charge in [-0.3, -0.25) is 9.69 Å². The fourth-order valence-electron chi connectivity index (χ4n) is 3.83. The van der Waals surface area contributed by atoms with E-state index in [0.717, 1.165) is 28.4 Å². The van der Waals surface area contributed by atoms with Crippen molar-refractivity contribution in [1.29, 1.82) is 0 Å². The average molecular weight is 415 g/mol. The Balaban J connectivity index is 1.50. The number of benzene rings is 2. The summed E-state index contributed by atoms with van der Waals surface area (Å²) in [6, 6.07) is 15.0. The minimum atomic E-state index is -0.915. The van der Waals surface area contributed by atoms with Crippen molar-refractivity contribution in [2.45, 2.75) is 24.8 Å². The van der Waals surface area contributed by atoms with E-state index in [1.807, 2.05) is 48.5 Å². The van der Waals surface area contributed by atoms with E-state index in [2.05, 4.69) is 21.2 Å². The second kappa shape index (κ2) is 6.76. The predicted molar refractivity (Wildman–Crippen MR) is 101 cm³/mol. The number of urea groups is 1. The lowest BCUT2D eigenvalue weighted by Gasteiger charge is -2.33. The first-order chi connectivity index (χ1) is 12.6. The maximum absolute atomic E-state index is 13.1. The van der Waals surface area contributed by atoms with E-state index in [4.69, 9.17) is 4.74 Å². The first-order valence-electron chi connectivity index (χ1n) is 8.71. The molecule has 1 fully saturated rings. The summed E-state index contributed by atoms with van der Waals surface area (Å²) in [5.74, 6) is 0.525. The largest absolute Gasteiger partial charge is 0.492 e. The van der Waals surface area contributed by atoms with Gasteiger partial charge in [0.1, 0.15) is 17.9 Å². The molecule has 0 bridgehead atoms. The van der Waals surface area contributed by atoms with Gasteiger partial charge >= 0.3 is 6.03 Å². The van der Waals surface area contributed by atoms with E-state index in [-0.39, 0.29) is 25.1 Å². The zero-order chi connectivity index (χ0) is 18.1. The number of imide groups is 1. The van der Waals surface area contributed by atoms with Crippen molar-refractivity contribution in [3.63, 3.8) is 0 Å². The molecule has 1 aliphatic carbocycles. The molecule has 1 N–H and O–H groups in total. The molecule has 0 unspecified atom stereocenters. The molecule has 0 aromatic heterocycles. The number of rotatable bonds is 4. The van der Waals surface area contributed by atoms with Gasteiger partial charge in [0.15, 0.2) is 0 Å². The molecule has 1 saturated heterocycles. The van der Waals surface area contributed by atoms with E-state index in [9.17, 15) is 9.59 Å². The second-order valence-electron chi connectivity index (χ2n) is 6.61. The number of hydrogen-bond acceptors (Lipinski definition) is 3. The number of nitrogens with one attached hydrogen (secondary N) is 1. The van der Waals surface area contributed by atoms with Gasteiger partial charge in [0, 0.05) is 4.47 Å². The van der Waals surface area contributed by atoms with Gasteiger partial charge in [-0.15, -0.1) is 0 Å². The van der Waals surface area contributed by atoms with Gasteiger partial charge in [-0.1, -0.05) is 46.3 Å². The lowest BCUT2D eigenvalue weighted by molar-refractivity contribution is -0.132. The fourth-order valence-corrected chi connectivity index (χ4v) is 4.20. The van der Waals surface area contributed by atoms with E-state index in [0.29, 0.717) is 12.2 Å². The van der Waals surface area contributed by atoms with Crippen molar-refractivity contribution in [1.82, 2.24) is 10.2 Å². The summed E-state index contributed by atoms with van der Waals surface area (Å²) in [6.45, 7) is 0.481. The molecule has 0 radical (unpaired) electrons. The summed E-state index contributed by atoms with van der Waals surface area (Å²) in [7, 11) is 0. The maximum Gasteiger partial charge on any atom is 0.325 e. The Kier molecular flexibility index (Phi) is 4.44. The molecule has 2 aromatic carbocycles. The highest BCUT2D eigenvalue weighted by Crippen LogP contribution is 2.39. The van der Waals surface area contributed by atoms with Crippen LogP contribution in [0.4, 0.5) is 4.79 Å². The molecule has 1 atom stereocenters. The summed E-state index contributed by atoms with van der Waals surface area (Å²) < 4.78 is 6.61. The summed E-state index contributed by atoms with van der Waals surface area (Å²) in [4.78, 5) is 26.9. The Hall–Kier alpha value is -2.34. The molecule has 5 nitrogen and oxygen atoms in total. The highest BCUT2D eigenvalue weighted by atomic mass is 79.9. The van der Waals surface area contributed by atoms with E-state index in [1.165, 1.54) is 4.90 Å². The molecule has 4 rings (SSSR count). The zero-order valence-electron chi connectivity index (χ0n) is 14.2. The Bertz CT molecular complexity index is 870. The monoisotopic (exact) mass is 414 g/mol. The van der Waals surface area contributed by atoms with Crippen molar-refractivity contribution in [2.24, 2.45) is 0 Å². The van der Waals surface area contributed by atoms with Crippen LogP contribution >= 0.6 is 15.9 Å². The normalized spacial score (nSPS) is 21.7. The number of nitrogens with zero attached hydrogens (tertiary/aromatic N) is 1. The SMILES string of the molecule is O=C1N[C@]2(CCCc3ccccc32)C(=O)N1CCOc1cccc(Br)c1. The van der Waals surface area contributed by atoms with E-state index < -0.39 is 5.54 Å². The second-order valence-corrected chi connectivity index (χ2v) is 7.52. The number of ether oxygens (including phenoxy) is 1. The van der Waals surface area contributed by atoms with Gasteiger partial charge < -0.3 is 10.1 Å². The molecule has 2 aliphatic rings. The van der Waals surface area contributed by atoms with Crippen LogP contribution in [0.25, 0.3) is 0 Å². The van der Waals surface area contributed by atoms with Crippen molar-refractivity contribution in [3.8, 4) is 5.75 Å². The van der Waals surface area contributed by atoms with Crippen molar-refractivity contribution < 1.29 is 14.3 Å². The maximum atomic E-state index is 13.1. The van der Waals surface area contributed by atoms with Crippen LogP contribution in [0.3, 0.4) is 0 Å². The molecule has 26 heavy (non-hydrogen) atoms. The number of halogens is 1. The standard InChI is InChI=1S/C20H19BrN2O3/c21-15-7-3-8-16(13-15)26-12-11-23-18(24)20(22-19(23)25)10-4-6-14-5-1-2-9-17(14)20/h1-3,5,7-9,13H,4,6,10-12H2,(H,22,25)/t20-/m0/s1. The number of carbonyl (C=O) groups is 2. The van der Waals surface area contributed by atoms with Crippen molar-refractivity contribution in [2.75, 3.05) is 13.2 Å². The zero-order valence-corrected chi connectivity index (χ0v) is 15.8. The van der Waals surface area contributed by atoms with Gasteiger partial charge in [0.05, 0.1) is 6.54 Å². The molecule has 1 spiro atoms. The van der Waals surface area contributed by atoms with Gasteiger partial charge in [-0.25, -0.2) is 4.79 Å². The third-order valence-corrected chi connectivity index (χ3v) is 5.52. The van der Waals surface area contributed by atoms with Gasteiger partial charge in [0.2, 0.25) is 0 Å². The van der Waals surface area contributed by atoms with Crippen LogP contribution in [0.5, 0.6) is 5.75 Å². The van der Waals surface area contributed by atoms with Crippen LogP contribution in [0.2, 0.25) is 0 Å². The number of hydrogen-bond donors (Lipinski definition) is 1. The van der Waals surface area contributed by atoms with Crippen LogP contribution in [0.15, 0.2) is 53.0 Å². The molecular weight excluding hydrogens is 396 g/mol. The molecule has 3 amide bonds. The smallest absolute Gasteiger partial charge is 0.325 e. The Morgan fingerprint density at radius 1 is 1.15 bits per heavy atom. The first kappa shape index (κ1) is 17.1. The average Bonchev–Trinajstić information content (AvgIpc) is 2.87. The molecule has 6 heteroatoms. The third kappa shape index (κ3) is 2.88. The lowest BCUT2D eigenvalue weighted by Crippen LogP contribution is -2.46. The minimum absolute atomic E-state index is 0.174. The summed E-state index contributed by atoms with van der Waals surface area (Å²) in [5.41, 5.74) is 1.15. The molecule has 2 aromatic rings. The summed E-state index contributed by atoms with van der Waals surface area (Å²) in [6.07, 6.45) is 2.45. The third-order valence-electron chi connectivity index (χ3n) is 5.03. The van der Waals surface area contributed by atoms with Crippen molar-refractivity contribution in [3.05, 3.63) is 64.1 Å². The predicted octanol–water partition coefficient (Wildman–Crippen LogP) is 3.61. The molecule has 134 valence electrons. The molecular formula is C20H19BrN2O3. The number of fused-ring (bicyclic) bond motifs is 2. The number of carbonyl (C=O) groups excluding carboxylic acids is 2. The van der Waals surface area contributed by atoms with Crippen LogP contribution in [0.1, 0.15) is 24.0 Å². The van der Waals surface area contributed by atoms with Crippen LogP contribution in [-0.4, -0.2) is 30.0 Å². The van der Waals surface area contributed by atoms with Crippen LogP contribution in [-0.2, 0) is 16.8 Å².